The highest BCUT2D eigenvalue weighted by Crippen LogP contribution is 2.43. The number of fused-ring (bicyclic) bond motifs is 6. The smallest absolute Gasteiger partial charge is 0.135 e. The van der Waals surface area contributed by atoms with Crippen LogP contribution in [-0.2, 0) is 0 Å². The standard InChI is InChI=1S/C50H47NOS/c1-32-9-3-4-10-41(32)35-17-23-39(24-18-35)51(38-21-15-34(16-22-38)36-19-27-48-45(30-36)43-11-5-7-13-47(43)52-48)40-25-26-42(33(2)29-40)37-20-28-50-46(31-37)44-12-6-8-14-49(44)53-50/h5-8,10-16,19-21,23,25-33,35,38,42H,3-4,9,17-18,22,24H2,1-2H3. The number of hydrogen-bond donors (Lipinski definition) is 0. The van der Waals surface area contributed by atoms with Crippen LogP contribution in [-0.4, -0.2) is 10.9 Å². The third-order valence-electron chi connectivity index (χ3n) is 12.6. The maximum absolute atomic E-state index is 6.14. The zero-order valence-electron chi connectivity index (χ0n) is 30.8. The molecule has 53 heavy (non-hydrogen) atoms. The number of benzene rings is 4. The quantitative estimate of drug-likeness (QED) is 0.160. The Bertz CT molecular complexity index is 2570. The highest BCUT2D eigenvalue weighted by atomic mass is 32.1. The summed E-state index contributed by atoms with van der Waals surface area (Å²) < 4.78 is 8.89. The van der Waals surface area contributed by atoms with E-state index in [4.69, 9.17) is 4.42 Å². The van der Waals surface area contributed by atoms with Gasteiger partial charge in [0.2, 0.25) is 0 Å². The number of rotatable bonds is 6. The summed E-state index contributed by atoms with van der Waals surface area (Å²) in [6.07, 6.45) is 28.4. The second-order valence-electron chi connectivity index (χ2n) is 15.9. The molecule has 264 valence electrons. The first-order valence-electron chi connectivity index (χ1n) is 19.9. The molecule has 0 saturated heterocycles. The van der Waals surface area contributed by atoms with Gasteiger partial charge in [0.05, 0.1) is 6.04 Å². The number of nitrogens with zero attached hydrogens (tertiary/aromatic N) is 1. The van der Waals surface area contributed by atoms with Crippen molar-refractivity contribution in [1.29, 1.82) is 0 Å². The van der Waals surface area contributed by atoms with Gasteiger partial charge in [-0.15, -0.1) is 11.3 Å². The summed E-state index contributed by atoms with van der Waals surface area (Å²) in [5.74, 6) is 2.17. The van der Waals surface area contributed by atoms with Crippen LogP contribution >= 0.6 is 11.3 Å². The van der Waals surface area contributed by atoms with Gasteiger partial charge in [0.25, 0.3) is 0 Å². The van der Waals surface area contributed by atoms with E-state index in [-0.39, 0.29) is 6.04 Å². The van der Waals surface area contributed by atoms with E-state index in [9.17, 15) is 0 Å². The van der Waals surface area contributed by atoms with Crippen molar-refractivity contribution >= 4 is 59.0 Å². The lowest BCUT2D eigenvalue weighted by Crippen LogP contribution is -2.35. The SMILES string of the molecule is CC1CCCC=C1C1CC=C(N(C2=CC(C)C(c3ccc4sc5ccccc5c4c3)C=C2)C2C=CC(c3ccc4oc5ccccc5c4c3)=CC2)CC1. The molecule has 0 radical (unpaired) electrons. The second-order valence-corrected chi connectivity index (χ2v) is 17.0. The molecule has 4 aliphatic rings. The second kappa shape index (κ2) is 13.5. The van der Waals surface area contributed by atoms with E-state index in [0.29, 0.717) is 17.8 Å². The molecule has 4 aliphatic carbocycles. The van der Waals surface area contributed by atoms with E-state index in [1.54, 1.807) is 5.57 Å². The van der Waals surface area contributed by atoms with Gasteiger partial charge in [-0.05, 0) is 122 Å². The van der Waals surface area contributed by atoms with Gasteiger partial charge in [-0.2, -0.15) is 0 Å². The topological polar surface area (TPSA) is 16.4 Å². The fourth-order valence-electron chi connectivity index (χ4n) is 9.79. The van der Waals surface area contributed by atoms with Gasteiger partial charge < -0.3 is 9.32 Å². The van der Waals surface area contributed by atoms with Gasteiger partial charge in [0, 0.05) is 48.3 Å². The average Bonchev–Trinajstić information content (AvgIpc) is 3.77. The normalized spacial score (nSPS) is 24.8. The van der Waals surface area contributed by atoms with Crippen LogP contribution in [0.1, 0.15) is 75.8 Å². The van der Waals surface area contributed by atoms with Crippen LogP contribution in [0, 0.1) is 17.8 Å². The molecule has 0 bridgehead atoms. The molecule has 0 amide bonds. The van der Waals surface area contributed by atoms with Crippen LogP contribution in [0.25, 0.3) is 47.7 Å². The molecular weight excluding hydrogens is 663 g/mol. The summed E-state index contributed by atoms with van der Waals surface area (Å²) in [6, 6.07) is 31.3. The molecule has 4 aromatic carbocycles. The van der Waals surface area contributed by atoms with Gasteiger partial charge >= 0.3 is 0 Å². The van der Waals surface area contributed by atoms with Crippen LogP contribution in [0.4, 0.5) is 0 Å². The summed E-state index contributed by atoms with van der Waals surface area (Å²) in [7, 11) is 0. The van der Waals surface area contributed by atoms with E-state index in [2.05, 4.69) is 146 Å². The minimum Gasteiger partial charge on any atom is -0.456 e. The molecule has 6 aromatic rings. The van der Waals surface area contributed by atoms with Gasteiger partial charge in [0.15, 0.2) is 0 Å². The molecule has 10 rings (SSSR count). The lowest BCUT2D eigenvalue weighted by atomic mass is 9.76. The summed E-state index contributed by atoms with van der Waals surface area (Å²) in [6.45, 7) is 4.86. The van der Waals surface area contributed by atoms with Crippen molar-refractivity contribution in [2.24, 2.45) is 17.8 Å². The van der Waals surface area contributed by atoms with E-state index in [1.807, 2.05) is 17.4 Å². The molecule has 0 spiro atoms. The molecule has 0 aliphatic heterocycles. The monoisotopic (exact) mass is 709 g/mol. The van der Waals surface area contributed by atoms with Crippen LogP contribution < -0.4 is 0 Å². The molecule has 2 heterocycles. The van der Waals surface area contributed by atoms with Crippen molar-refractivity contribution in [1.82, 2.24) is 4.90 Å². The Labute approximate surface area is 317 Å². The highest BCUT2D eigenvalue weighted by molar-refractivity contribution is 7.25. The maximum Gasteiger partial charge on any atom is 0.135 e. The fourth-order valence-corrected chi connectivity index (χ4v) is 10.9. The van der Waals surface area contributed by atoms with Crippen LogP contribution in [0.15, 0.2) is 155 Å². The zero-order valence-corrected chi connectivity index (χ0v) is 31.6. The maximum atomic E-state index is 6.14. The van der Waals surface area contributed by atoms with Crippen molar-refractivity contribution in [3.63, 3.8) is 0 Å². The fraction of sp³-hybridized carbons (Fsp3) is 0.280. The predicted molar refractivity (Wildman–Crippen MR) is 226 cm³/mol. The number of hydrogen-bond acceptors (Lipinski definition) is 3. The Morgan fingerprint density at radius 2 is 1.57 bits per heavy atom. The predicted octanol–water partition coefficient (Wildman–Crippen LogP) is 14.3. The largest absolute Gasteiger partial charge is 0.456 e. The van der Waals surface area contributed by atoms with Crippen molar-refractivity contribution in [3.05, 3.63) is 162 Å². The zero-order chi connectivity index (χ0) is 35.5. The van der Waals surface area contributed by atoms with Crippen LogP contribution in [0.2, 0.25) is 0 Å². The Morgan fingerprint density at radius 3 is 2.40 bits per heavy atom. The Balaban J connectivity index is 0.953. The minimum atomic E-state index is 0.279. The van der Waals surface area contributed by atoms with Gasteiger partial charge in [-0.1, -0.05) is 110 Å². The number of para-hydroxylation sites is 1. The Kier molecular flexibility index (Phi) is 8.36. The van der Waals surface area contributed by atoms with Gasteiger partial charge in [0.1, 0.15) is 11.2 Å². The van der Waals surface area contributed by atoms with E-state index < -0.39 is 0 Å². The van der Waals surface area contributed by atoms with Gasteiger partial charge in [-0.25, -0.2) is 0 Å². The molecule has 0 fully saturated rings. The molecule has 0 saturated carbocycles. The summed E-state index contributed by atoms with van der Waals surface area (Å²) in [5, 5.41) is 5.13. The lowest BCUT2D eigenvalue weighted by molar-refractivity contribution is 0.326. The summed E-state index contributed by atoms with van der Waals surface area (Å²) >= 11 is 1.90. The first kappa shape index (κ1) is 32.8. The molecule has 2 nitrogen and oxygen atoms in total. The van der Waals surface area contributed by atoms with Crippen molar-refractivity contribution in [2.75, 3.05) is 0 Å². The third-order valence-corrected chi connectivity index (χ3v) is 13.8. The number of thiophene rings is 1. The van der Waals surface area contributed by atoms with Gasteiger partial charge in [-0.3, -0.25) is 0 Å². The third kappa shape index (κ3) is 5.94. The average molecular weight is 710 g/mol. The Hall–Kier alpha value is -4.86. The summed E-state index contributed by atoms with van der Waals surface area (Å²) in [5.41, 5.74) is 10.4. The van der Waals surface area contributed by atoms with Crippen molar-refractivity contribution in [3.8, 4) is 0 Å². The van der Waals surface area contributed by atoms with Crippen LogP contribution in [0.5, 0.6) is 0 Å². The van der Waals surface area contributed by atoms with E-state index in [0.717, 1.165) is 36.3 Å². The molecule has 0 N–H and O–H groups in total. The van der Waals surface area contributed by atoms with E-state index in [1.165, 1.54) is 84.7 Å². The summed E-state index contributed by atoms with van der Waals surface area (Å²) in [4.78, 5) is 2.70. The molecule has 5 unspecified atom stereocenters. The van der Waals surface area contributed by atoms with Crippen molar-refractivity contribution in [2.45, 2.75) is 70.8 Å². The molecule has 3 heteroatoms. The first-order chi connectivity index (χ1) is 26.1. The van der Waals surface area contributed by atoms with Crippen molar-refractivity contribution < 1.29 is 4.42 Å². The number of furan rings is 1. The van der Waals surface area contributed by atoms with Crippen LogP contribution in [0.3, 0.4) is 0 Å². The lowest BCUT2D eigenvalue weighted by Gasteiger charge is -2.40. The van der Waals surface area contributed by atoms with E-state index >= 15 is 0 Å². The molecule has 2 aromatic heterocycles. The molecular formula is C50H47NOS. The highest BCUT2D eigenvalue weighted by Gasteiger charge is 2.31. The number of allylic oxidation sites excluding steroid dienone is 9. The first-order valence-corrected chi connectivity index (χ1v) is 20.7. The molecule has 5 atom stereocenters. The minimum absolute atomic E-state index is 0.279. The Morgan fingerprint density at radius 1 is 0.717 bits per heavy atom.